The zero-order valence-electron chi connectivity index (χ0n) is 8.84. The van der Waals surface area contributed by atoms with Gasteiger partial charge in [-0.1, -0.05) is 32.6 Å². The number of nitrogens with two attached hydrogens (primary N) is 1. The standard InChI is InChI=1S/C12H23N/c1-9-5-6-11(8-13)12(7-9)10-3-2-4-10/h9-12H,2-8,13H2,1H3. The topological polar surface area (TPSA) is 26.0 Å². The van der Waals surface area contributed by atoms with E-state index >= 15 is 0 Å². The van der Waals surface area contributed by atoms with Gasteiger partial charge in [-0.15, -0.1) is 0 Å². The van der Waals surface area contributed by atoms with Crippen LogP contribution < -0.4 is 5.73 Å². The Kier molecular flexibility index (Phi) is 2.92. The Morgan fingerprint density at radius 1 is 1.15 bits per heavy atom. The average molecular weight is 181 g/mol. The van der Waals surface area contributed by atoms with E-state index in [1.54, 1.807) is 0 Å². The third kappa shape index (κ3) is 1.90. The normalized spacial score (nSPS) is 41.5. The van der Waals surface area contributed by atoms with Gasteiger partial charge in [0.15, 0.2) is 0 Å². The molecule has 2 rings (SSSR count). The predicted molar refractivity (Wildman–Crippen MR) is 56.4 cm³/mol. The first-order valence-corrected chi connectivity index (χ1v) is 6.01. The molecule has 0 spiro atoms. The Labute approximate surface area is 82.1 Å². The summed E-state index contributed by atoms with van der Waals surface area (Å²) >= 11 is 0. The second-order valence-corrected chi connectivity index (χ2v) is 5.27. The quantitative estimate of drug-likeness (QED) is 0.696. The molecule has 76 valence electrons. The van der Waals surface area contributed by atoms with Gasteiger partial charge < -0.3 is 5.73 Å². The largest absolute Gasteiger partial charge is 0.330 e. The second kappa shape index (κ2) is 4.00. The van der Waals surface area contributed by atoms with Gasteiger partial charge in [0.2, 0.25) is 0 Å². The molecule has 3 unspecified atom stereocenters. The summed E-state index contributed by atoms with van der Waals surface area (Å²) in [5.74, 6) is 3.87. The van der Waals surface area contributed by atoms with Crippen LogP contribution in [0.25, 0.3) is 0 Å². The number of rotatable bonds is 2. The van der Waals surface area contributed by atoms with E-state index in [9.17, 15) is 0 Å². The minimum absolute atomic E-state index is 0.862. The van der Waals surface area contributed by atoms with Crippen molar-refractivity contribution in [1.82, 2.24) is 0 Å². The van der Waals surface area contributed by atoms with Crippen LogP contribution in [-0.4, -0.2) is 6.54 Å². The van der Waals surface area contributed by atoms with Crippen molar-refractivity contribution in [1.29, 1.82) is 0 Å². The molecule has 0 bridgehead atoms. The van der Waals surface area contributed by atoms with Crippen molar-refractivity contribution >= 4 is 0 Å². The first-order valence-electron chi connectivity index (χ1n) is 6.01. The highest BCUT2D eigenvalue weighted by molar-refractivity contribution is 4.87. The Hall–Kier alpha value is -0.0400. The summed E-state index contributed by atoms with van der Waals surface area (Å²) in [5.41, 5.74) is 5.86. The minimum atomic E-state index is 0.862. The summed E-state index contributed by atoms with van der Waals surface area (Å²) in [5, 5.41) is 0. The Morgan fingerprint density at radius 3 is 2.46 bits per heavy atom. The highest BCUT2D eigenvalue weighted by Crippen LogP contribution is 2.45. The Balaban J connectivity index is 1.94. The van der Waals surface area contributed by atoms with Crippen LogP contribution in [0.2, 0.25) is 0 Å². The van der Waals surface area contributed by atoms with E-state index in [-0.39, 0.29) is 0 Å². The van der Waals surface area contributed by atoms with Crippen LogP contribution in [0.5, 0.6) is 0 Å². The predicted octanol–water partition coefficient (Wildman–Crippen LogP) is 2.80. The van der Waals surface area contributed by atoms with E-state index in [1.807, 2.05) is 0 Å². The molecule has 1 heteroatoms. The van der Waals surface area contributed by atoms with Crippen molar-refractivity contribution in [2.75, 3.05) is 6.54 Å². The highest BCUT2D eigenvalue weighted by Gasteiger charge is 2.35. The fourth-order valence-electron chi connectivity index (χ4n) is 3.23. The summed E-state index contributed by atoms with van der Waals surface area (Å²) in [6.45, 7) is 3.35. The van der Waals surface area contributed by atoms with Crippen LogP contribution in [0.3, 0.4) is 0 Å². The van der Waals surface area contributed by atoms with Gasteiger partial charge in [0.1, 0.15) is 0 Å². The van der Waals surface area contributed by atoms with Crippen LogP contribution >= 0.6 is 0 Å². The molecule has 0 aromatic carbocycles. The monoisotopic (exact) mass is 181 g/mol. The molecule has 3 atom stereocenters. The molecule has 1 nitrogen and oxygen atoms in total. The lowest BCUT2D eigenvalue weighted by Gasteiger charge is -2.43. The lowest BCUT2D eigenvalue weighted by atomic mass is 9.63. The fourth-order valence-corrected chi connectivity index (χ4v) is 3.23. The SMILES string of the molecule is CC1CCC(CN)C(C2CCC2)C1. The summed E-state index contributed by atoms with van der Waals surface area (Å²) in [7, 11) is 0. The molecule has 0 radical (unpaired) electrons. The third-order valence-corrected chi connectivity index (χ3v) is 4.37. The molecule has 0 aliphatic heterocycles. The summed E-state index contributed by atoms with van der Waals surface area (Å²) in [4.78, 5) is 0. The number of hydrogen-bond acceptors (Lipinski definition) is 1. The Morgan fingerprint density at radius 2 is 1.92 bits per heavy atom. The summed E-state index contributed by atoms with van der Waals surface area (Å²) in [6, 6.07) is 0. The zero-order chi connectivity index (χ0) is 9.26. The van der Waals surface area contributed by atoms with Crippen LogP contribution in [0.15, 0.2) is 0 Å². The van der Waals surface area contributed by atoms with Crippen molar-refractivity contribution in [3.8, 4) is 0 Å². The lowest BCUT2D eigenvalue weighted by molar-refractivity contribution is 0.0830. The maximum atomic E-state index is 5.86. The fraction of sp³-hybridized carbons (Fsp3) is 1.00. The zero-order valence-corrected chi connectivity index (χ0v) is 8.84. The van der Waals surface area contributed by atoms with Gasteiger partial charge in [0, 0.05) is 0 Å². The number of hydrogen-bond donors (Lipinski definition) is 1. The van der Waals surface area contributed by atoms with Crippen molar-refractivity contribution in [2.45, 2.75) is 45.4 Å². The molecule has 0 heterocycles. The maximum absolute atomic E-state index is 5.86. The molecule has 0 saturated heterocycles. The Bertz CT molecular complexity index is 163. The molecule has 13 heavy (non-hydrogen) atoms. The smallest absolute Gasteiger partial charge is 0.00461 e. The first kappa shape index (κ1) is 9.51. The van der Waals surface area contributed by atoms with Gasteiger partial charge in [-0.3, -0.25) is 0 Å². The van der Waals surface area contributed by atoms with Crippen molar-refractivity contribution < 1.29 is 0 Å². The van der Waals surface area contributed by atoms with Gasteiger partial charge in [0.05, 0.1) is 0 Å². The van der Waals surface area contributed by atoms with E-state index in [0.29, 0.717) is 0 Å². The molecule has 0 aromatic heterocycles. The van der Waals surface area contributed by atoms with E-state index in [2.05, 4.69) is 6.92 Å². The van der Waals surface area contributed by atoms with Gasteiger partial charge in [-0.2, -0.15) is 0 Å². The van der Waals surface area contributed by atoms with E-state index in [1.165, 1.54) is 38.5 Å². The minimum Gasteiger partial charge on any atom is -0.330 e. The van der Waals surface area contributed by atoms with Crippen LogP contribution in [0.1, 0.15) is 45.4 Å². The first-order chi connectivity index (χ1) is 6.31. The molecular formula is C12H23N. The summed E-state index contributed by atoms with van der Waals surface area (Å²) < 4.78 is 0. The van der Waals surface area contributed by atoms with Crippen LogP contribution in [-0.2, 0) is 0 Å². The molecule has 2 N–H and O–H groups in total. The van der Waals surface area contributed by atoms with Gasteiger partial charge in [-0.25, -0.2) is 0 Å². The average Bonchev–Trinajstić information content (AvgIpc) is 2.02. The van der Waals surface area contributed by atoms with E-state index in [4.69, 9.17) is 5.73 Å². The second-order valence-electron chi connectivity index (χ2n) is 5.27. The van der Waals surface area contributed by atoms with Gasteiger partial charge in [0.25, 0.3) is 0 Å². The lowest BCUT2D eigenvalue weighted by Crippen LogP contribution is -2.36. The molecule has 2 aliphatic rings. The van der Waals surface area contributed by atoms with E-state index in [0.717, 1.165) is 30.2 Å². The van der Waals surface area contributed by atoms with Crippen molar-refractivity contribution in [3.63, 3.8) is 0 Å². The molecule has 2 fully saturated rings. The van der Waals surface area contributed by atoms with Gasteiger partial charge >= 0.3 is 0 Å². The molecule has 0 amide bonds. The highest BCUT2D eigenvalue weighted by atomic mass is 14.6. The van der Waals surface area contributed by atoms with Crippen LogP contribution in [0.4, 0.5) is 0 Å². The summed E-state index contributed by atoms with van der Waals surface area (Å²) in [6.07, 6.45) is 8.76. The van der Waals surface area contributed by atoms with E-state index < -0.39 is 0 Å². The van der Waals surface area contributed by atoms with Crippen molar-refractivity contribution in [2.24, 2.45) is 29.4 Å². The molecule has 0 aromatic rings. The van der Waals surface area contributed by atoms with Crippen LogP contribution in [0, 0.1) is 23.7 Å². The van der Waals surface area contributed by atoms with Crippen molar-refractivity contribution in [3.05, 3.63) is 0 Å². The third-order valence-electron chi connectivity index (χ3n) is 4.37. The molecule has 2 saturated carbocycles. The molecule has 2 aliphatic carbocycles. The van der Waals surface area contributed by atoms with Gasteiger partial charge in [-0.05, 0) is 43.1 Å². The maximum Gasteiger partial charge on any atom is -0.00461 e. The molecular weight excluding hydrogens is 158 g/mol.